The van der Waals surface area contributed by atoms with Gasteiger partial charge in [-0.15, -0.1) is 0 Å². The summed E-state index contributed by atoms with van der Waals surface area (Å²) < 4.78 is 3.06. The van der Waals surface area contributed by atoms with Gasteiger partial charge in [0.2, 0.25) is 0 Å². The first kappa shape index (κ1) is 13.9. The Kier molecular flexibility index (Phi) is 3.21. The molecule has 0 aromatic carbocycles. The molecule has 0 unspecified atom stereocenters. The smallest absolute Gasteiger partial charge is 0.356 e. The van der Waals surface area contributed by atoms with Crippen LogP contribution in [0, 0.1) is 20.8 Å². The van der Waals surface area contributed by atoms with E-state index < -0.39 is 5.97 Å². The fourth-order valence-corrected chi connectivity index (χ4v) is 2.15. The predicted molar refractivity (Wildman–Crippen MR) is 77.4 cm³/mol. The van der Waals surface area contributed by atoms with Gasteiger partial charge >= 0.3 is 5.97 Å². The first-order valence-electron chi connectivity index (χ1n) is 6.63. The first-order chi connectivity index (χ1) is 10.4. The minimum absolute atomic E-state index is 0.0380. The number of aromatic nitrogens is 6. The lowest BCUT2D eigenvalue weighted by molar-refractivity contribution is 0.0690. The molecule has 3 aromatic rings. The van der Waals surface area contributed by atoms with E-state index in [1.807, 2.05) is 26.8 Å². The fraction of sp³-hybridized carbons (Fsp3) is 0.214. The molecule has 0 atom stereocenters. The highest BCUT2D eigenvalue weighted by Gasteiger charge is 2.12. The molecule has 3 heterocycles. The maximum Gasteiger partial charge on any atom is 0.356 e. The SMILES string of the molecule is Cc1cc(-n2ccc(C(=O)O)n2)nc(-n2nc(C)cc2C)n1. The monoisotopic (exact) mass is 298 g/mol. The minimum Gasteiger partial charge on any atom is -0.476 e. The molecule has 0 bridgehead atoms. The Labute approximate surface area is 126 Å². The van der Waals surface area contributed by atoms with E-state index in [9.17, 15) is 4.79 Å². The van der Waals surface area contributed by atoms with Crippen LogP contribution in [0.15, 0.2) is 24.4 Å². The summed E-state index contributed by atoms with van der Waals surface area (Å²) in [5, 5.41) is 17.3. The van der Waals surface area contributed by atoms with Crippen molar-refractivity contribution in [3.63, 3.8) is 0 Å². The summed E-state index contributed by atoms with van der Waals surface area (Å²) in [5.41, 5.74) is 2.49. The number of aromatic carboxylic acids is 1. The Morgan fingerprint density at radius 2 is 1.86 bits per heavy atom. The molecule has 3 aromatic heterocycles. The Hall–Kier alpha value is -3.03. The highest BCUT2D eigenvalue weighted by atomic mass is 16.4. The molecule has 0 aliphatic carbocycles. The van der Waals surface area contributed by atoms with Crippen molar-refractivity contribution in [2.75, 3.05) is 0 Å². The second kappa shape index (κ2) is 5.06. The van der Waals surface area contributed by atoms with Gasteiger partial charge in [-0.2, -0.15) is 15.2 Å². The summed E-state index contributed by atoms with van der Waals surface area (Å²) in [7, 11) is 0. The van der Waals surface area contributed by atoms with Gasteiger partial charge in [-0.1, -0.05) is 0 Å². The maximum absolute atomic E-state index is 10.9. The zero-order chi connectivity index (χ0) is 15.9. The third-order valence-electron chi connectivity index (χ3n) is 3.07. The summed E-state index contributed by atoms with van der Waals surface area (Å²) in [5.74, 6) is -0.168. The Morgan fingerprint density at radius 1 is 1.09 bits per heavy atom. The zero-order valence-electron chi connectivity index (χ0n) is 12.3. The van der Waals surface area contributed by atoms with Crippen molar-refractivity contribution in [1.29, 1.82) is 0 Å². The van der Waals surface area contributed by atoms with Crippen LogP contribution in [0.5, 0.6) is 0 Å². The molecule has 0 aliphatic heterocycles. The molecule has 0 saturated heterocycles. The van der Waals surface area contributed by atoms with Gasteiger partial charge in [-0.25, -0.2) is 19.1 Å². The van der Waals surface area contributed by atoms with Crippen molar-refractivity contribution < 1.29 is 9.90 Å². The number of aryl methyl sites for hydroxylation is 3. The lowest BCUT2D eigenvalue weighted by Crippen LogP contribution is -2.10. The Morgan fingerprint density at radius 3 is 2.45 bits per heavy atom. The third kappa shape index (κ3) is 2.46. The molecule has 8 heteroatoms. The van der Waals surface area contributed by atoms with Gasteiger partial charge in [0.05, 0.1) is 5.69 Å². The molecular formula is C14H14N6O2. The summed E-state index contributed by atoms with van der Waals surface area (Å²) in [4.78, 5) is 19.7. The van der Waals surface area contributed by atoms with Gasteiger partial charge < -0.3 is 5.11 Å². The standard InChI is InChI=1S/C14H14N6O2/c1-8-7-12(19-5-4-11(18-19)13(21)22)16-14(15-8)20-10(3)6-9(2)17-20/h4-7H,1-3H3,(H,21,22). The predicted octanol–water partition coefficient (Wildman–Crippen LogP) is 1.47. The molecule has 3 rings (SSSR count). The number of carboxylic acid groups (broad SMARTS) is 1. The third-order valence-corrected chi connectivity index (χ3v) is 3.07. The summed E-state index contributed by atoms with van der Waals surface area (Å²) in [6, 6.07) is 5.08. The normalized spacial score (nSPS) is 10.9. The van der Waals surface area contributed by atoms with E-state index in [1.54, 1.807) is 16.9 Å². The van der Waals surface area contributed by atoms with Gasteiger partial charge in [0, 0.05) is 23.7 Å². The lowest BCUT2D eigenvalue weighted by atomic mass is 10.4. The van der Waals surface area contributed by atoms with Crippen molar-refractivity contribution in [2.24, 2.45) is 0 Å². The summed E-state index contributed by atoms with van der Waals surface area (Å²) >= 11 is 0. The van der Waals surface area contributed by atoms with E-state index in [4.69, 9.17) is 5.11 Å². The first-order valence-corrected chi connectivity index (χ1v) is 6.63. The average Bonchev–Trinajstić information content (AvgIpc) is 3.05. The molecule has 0 amide bonds. The topological polar surface area (TPSA) is 98.7 Å². The van der Waals surface area contributed by atoms with Crippen LogP contribution >= 0.6 is 0 Å². The second-order valence-electron chi connectivity index (χ2n) is 4.96. The number of nitrogens with zero attached hydrogens (tertiary/aromatic N) is 6. The molecule has 22 heavy (non-hydrogen) atoms. The second-order valence-corrected chi connectivity index (χ2v) is 4.96. The van der Waals surface area contributed by atoms with Crippen molar-refractivity contribution in [1.82, 2.24) is 29.5 Å². The van der Waals surface area contributed by atoms with Gasteiger partial charge in [0.25, 0.3) is 5.95 Å². The number of carboxylic acids is 1. The molecular weight excluding hydrogens is 284 g/mol. The van der Waals surface area contributed by atoms with E-state index in [0.717, 1.165) is 17.1 Å². The molecule has 0 fully saturated rings. The van der Waals surface area contributed by atoms with Crippen molar-refractivity contribution in [2.45, 2.75) is 20.8 Å². The van der Waals surface area contributed by atoms with Crippen LogP contribution in [-0.4, -0.2) is 40.6 Å². The molecule has 8 nitrogen and oxygen atoms in total. The highest BCUT2D eigenvalue weighted by Crippen LogP contribution is 2.12. The quantitative estimate of drug-likeness (QED) is 0.786. The molecule has 0 spiro atoms. The van der Waals surface area contributed by atoms with Gasteiger partial charge in [-0.3, -0.25) is 0 Å². The minimum atomic E-state index is -1.08. The lowest BCUT2D eigenvalue weighted by Gasteiger charge is -2.07. The van der Waals surface area contributed by atoms with E-state index in [1.165, 1.54) is 10.7 Å². The Balaban J connectivity index is 2.10. The van der Waals surface area contributed by atoms with Crippen molar-refractivity contribution in [3.05, 3.63) is 47.2 Å². The van der Waals surface area contributed by atoms with Gasteiger partial charge in [-0.05, 0) is 32.9 Å². The van der Waals surface area contributed by atoms with E-state index in [2.05, 4.69) is 20.2 Å². The van der Waals surface area contributed by atoms with Crippen LogP contribution in [-0.2, 0) is 0 Å². The Bertz CT molecular complexity index is 864. The number of rotatable bonds is 3. The largest absolute Gasteiger partial charge is 0.476 e. The van der Waals surface area contributed by atoms with Crippen molar-refractivity contribution in [3.8, 4) is 11.8 Å². The van der Waals surface area contributed by atoms with Gasteiger partial charge in [0.1, 0.15) is 0 Å². The molecule has 0 aliphatic rings. The number of carbonyl (C=O) groups is 1. The van der Waals surface area contributed by atoms with Crippen molar-refractivity contribution >= 4 is 5.97 Å². The van der Waals surface area contributed by atoms with E-state index in [0.29, 0.717) is 11.8 Å². The highest BCUT2D eigenvalue weighted by molar-refractivity contribution is 5.85. The zero-order valence-corrected chi connectivity index (χ0v) is 12.3. The van der Waals surface area contributed by atoms with Crippen LogP contribution in [0.1, 0.15) is 27.6 Å². The fourth-order valence-electron chi connectivity index (χ4n) is 2.15. The maximum atomic E-state index is 10.9. The number of hydrogen-bond donors (Lipinski definition) is 1. The van der Waals surface area contributed by atoms with Crippen LogP contribution < -0.4 is 0 Å². The van der Waals surface area contributed by atoms with Gasteiger partial charge in [0.15, 0.2) is 11.5 Å². The van der Waals surface area contributed by atoms with Crippen LogP contribution in [0.25, 0.3) is 11.8 Å². The summed E-state index contributed by atoms with van der Waals surface area (Å²) in [6.07, 6.45) is 1.55. The summed E-state index contributed by atoms with van der Waals surface area (Å²) in [6.45, 7) is 5.65. The molecule has 112 valence electrons. The molecule has 1 N–H and O–H groups in total. The van der Waals surface area contributed by atoms with E-state index >= 15 is 0 Å². The van der Waals surface area contributed by atoms with Crippen LogP contribution in [0.2, 0.25) is 0 Å². The van der Waals surface area contributed by atoms with Crippen LogP contribution in [0.4, 0.5) is 0 Å². The molecule has 0 saturated carbocycles. The molecule has 0 radical (unpaired) electrons. The average molecular weight is 298 g/mol. The van der Waals surface area contributed by atoms with E-state index in [-0.39, 0.29) is 5.69 Å². The number of hydrogen-bond acceptors (Lipinski definition) is 5. The van der Waals surface area contributed by atoms with Crippen LogP contribution in [0.3, 0.4) is 0 Å².